The van der Waals surface area contributed by atoms with Gasteiger partial charge in [0.15, 0.2) is 0 Å². The van der Waals surface area contributed by atoms with Gasteiger partial charge in [-0.1, -0.05) is 126 Å². The second-order valence-corrected chi connectivity index (χ2v) is 16.3. The third kappa shape index (κ3) is 9.23. The van der Waals surface area contributed by atoms with Crippen molar-refractivity contribution in [3.05, 3.63) is 167 Å². The highest BCUT2D eigenvalue weighted by Gasteiger charge is 2.56. The molecular formula is C41H43NO8S2. The van der Waals surface area contributed by atoms with Gasteiger partial charge in [-0.2, -0.15) is 12.7 Å². The summed E-state index contributed by atoms with van der Waals surface area (Å²) in [5.74, 6) is 0. The lowest BCUT2D eigenvalue weighted by molar-refractivity contribution is -0.0880. The van der Waals surface area contributed by atoms with E-state index >= 15 is 0 Å². The lowest BCUT2D eigenvalue weighted by Crippen LogP contribution is -2.48. The Morgan fingerprint density at radius 3 is 1.37 bits per heavy atom. The summed E-state index contributed by atoms with van der Waals surface area (Å²) in [6, 6.07) is 39.4. The van der Waals surface area contributed by atoms with Gasteiger partial charge in [-0.05, 0) is 54.8 Å². The van der Waals surface area contributed by atoms with Crippen LogP contribution in [0.5, 0.6) is 0 Å². The van der Waals surface area contributed by atoms with Crippen LogP contribution in [0.25, 0.3) is 0 Å². The van der Waals surface area contributed by atoms with Gasteiger partial charge in [-0.3, -0.25) is 4.18 Å². The SMILES string of the molecule is Cc1ccc(S(=O)(=O)OC[C@H]2[C@@H](OCc3ccccc3)[C@H](OCc3ccccc3)[C@H](COCc3ccccc3)N2S(=O)(=O)c2ccc(C)cc2)cc1. The van der Waals surface area contributed by atoms with Crippen LogP contribution in [0.3, 0.4) is 0 Å². The van der Waals surface area contributed by atoms with Gasteiger partial charge in [0.2, 0.25) is 10.0 Å². The molecule has 4 atom stereocenters. The van der Waals surface area contributed by atoms with E-state index in [9.17, 15) is 16.8 Å². The number of ether oxygens (including phenoxy) is 3. The third-order valence-corrected chi connectivity index (χ3v) is 12.3. The van der Waals surface area contributed by atoms with Crippen LogP contribution in [-0.4, -0.2) is 58.6 Å². The number of sulfonamides is 1. The van der Waals surface area contributed by atoms with Crippen molar-refractivity contribution >= 4 is 20.1 Å². The third-order valence-electron chi connectivity index (χ3n) is 9.01. The fourth-order valence-corrected chi connectivity index (χ4v) is 8.97. The Hall–Kier alpha value is -4.20. The Morgan fingerprint density at radius 1 is 0.500 bits per heavy atom. The largest absolute Gasteiger partial charge is 0.375 e. The zero-order chi connectivity index (χ0) is 36.6. The molecule has 0 radical (unpaired) electrons. The Kier molecular flexibility index (Phi) is 12.3. The predicted molar refractivity (Wildman–Crippen MR) is 198 cm³/mol. The van der Waals surface area contributed by atoms with Crippen molar-refractivity contribution in [1.29, 1.82) is 0 Å². The minimum Gasteiger partial charge on any atom is -0.375 e. The minimum atomic E-state index is -4.30. The molecule has 5 aromatic carbocycles. The summed E-state index contributed by atoms with van der Waals surface area (Å²) >= 11 is 0. The van der Waals surface area contributed by atoms with Gasteiger partial charge in [-0.15, -0.1) is 0 Å². The molecule has 0 N–H and O–H groups in total. The number of rotatable bonds is 16. The molecule has 0 saturated carbocycles. The monoisotopic (exact) mass is 741 g/mol. The normalized spacial score (nSPS) is 19.5. The summed E-state index contributed by atoms with van der Waals surface area (Å²) in [6.45, 7) is 3.63. The van der Waals surface area contributed by atoms with Crippen LogP contribution in [0, 0.1) is 13.8 Å². The van der Waals surface area contributed by atoms with Crippen LogP contribution in [-0.2, 0) is 58.4 Å². The quantitative estimate of drug-likeness (QED) is 0.101. The van der Waals surface area contributed by atoms with Crippen LogP contribution in [0.15, 0.2) is 149 Å². The first-order valence-electron chi connectivity index (χ1n) is 17.1. The van der Waals surface area contributed by atoms with Crippen LogP contribution < -0.4 is 0 Å². The van der Waals surface area contributed by atoms with Crippen LogP contribution >= 0.6 is 0 Å². The molecule has 11 heteroatoms. The van der Waals surface area contributed by atoms with E-state index in [0.29, 0.717) is 0 Å². The maximum atomic E-state index is 14.8. The van der Waals surface area contributed by atoms with E-state index in [4.69, 9.17) is 18.4 Å². The standard InChI is InChI=1S/C41H43NO8S2/c1-31-18-22-36(23-19-31)51(43,44)42-38(29-47-26-33-12-6-3-7-13-33)40(48-27-34-14-8-4-9-15-34)41(49-28-35-16-10-5-11-17-35)39(42)30-50-52(45,46)37-24-20-32(2)21-25-37/h3-25,38-41H,26-30H2,1-2H3/t38-,39-,40+,41+/m0/s1. The fourth-order valence-electron chi connectivity index (χ4n) is 6.25. The molecule has 0 bridgehead atoms. The van der Waals surface area contributed by atoms with E-state index in [-0.39, 0.29) is 36.2 Å². The highest BCUT2D eigenvalue weighted by Crippen LogP contribution is 2.37. The van der Waals surface area contributed by atoms with Crippen molar-refractivity contribution in [3.63, 3.8) is 0 Å². The molecule has 0 amide bonds. The summed E-state index contributed by atoms with van der Waals surface area (Å²) in [6.07, 6.45) is -1.83. The average molecular weight is 742 g/mol. The topological polar surface area (TPSA) is 108 Å². The Labute approximate surface area is 306 Å². The van der Waals surface area contributed by atoms with Gasteiger partial charge in [0.1, 0.15) is 12.2 Å². The molecule has 5 aromatic rings. The molecule has 6 rings (SSSR count). The molecule has 9 nitrogen and oxygen atoms in total. The lowest BCUT2D eigenvalue weighted by Gasteiger charge is -2.30. The summed E-state index contributed by atoms with van der Waals surface area (Å²) in [5, 5.41) is 0. The Balaban J connectivity index is 1.42. The van der Waals surface area contributed by atoms with Gasteiger partial charge in [0, 0.05) is 0 Å². The Bertz CT molecular complexity index is 2080. The van der Waals surface area contributed by atoms with Crippen LogP contribution in [0.1, 0.15) is 27.8 Å². The van der Waals surface area contributed by atoms with E-state index in [1.807, 2.05) is 105 Å². The van der Waals surface area contributed by atoms with Crippen molar-refractivity contribution in [2.24, 2.45) is 0 Å². The molecule has 1 aliphatic heterocycles. The first-order valence-corrected chi connectivity index (χ1v) is 20.0. The van der Waals surface area contributed by atoms with Gasteiger partial charge in [0.05, 0.1) is 54.9 Å². The zero-order valence-electron chi connectivity index (χ0n) is 29.2. The number of aryl methyl sites for hydroxylation is 2. The number of hydrogen-bond donors (Lipinski definition) is 0. The molecule has 1 aliphatic rings. The minimum absolute atomic E-state index is 0.0367. The highest BCUT2D eigenvalue weighted by atomic mass is 32.2. The Morgan fingerprint density at radius 2 is 0.904 bits per heavy atom. The molecule has 1 saturated heterocycles. The molecule has 0 spiro atoms. The molecule has 1 fully saturated rings. The van der Waals surface area contributed by atoms with Gasteiger partial charge in [0.25, 0.3) is 10.1 Å². The number of benzene rings is 5. The summed E-state index contributed by atoms with van der Waals surface area (Å²) in [5.41, 5.74) is 4.42. The van der Waals surface area contributed by atoms with Crippen LogP contribution in [0.2, 0.25) is 0 Å². The summed E-state index contributed by atoms with van der Waals surface area (Å²) < 4.78 is 83.3. The summed E-state index contributed by atoms with van der Waals surface area (Å²) in [4.78, 5) is 0.00786. The zero-order valence-corrected chi connectivity index (χ0v) is 30.8. The van der Waals surface area contributed by atoms with Crippen molar-refractivity contribution in [1.82, 2.24) is 4.31 Å². The highest BCUT2D eigenvalue weighted by molar-refractivity contribution is 7.89. The van der Waals surface area contributed by atoms with Crippen molar-refractivity contribution in [3.8, 4) is 0 Å². The number of nitrogens with zero attached hydrogens (tertiary/aromatic N) is 1. The van der Waals surface area contributed by atoms with E-state index < -0.39 is 51.0 Å². The van der Waals surface area contributed by atoms with Gasteiger partial charge >= 0.3 is 0 Å². The molecular weight excluding hydrogens is 699 g/mol. The van der Waals surface area contributed by atoms with E-state index in [1.54, 1.807) is 36.4 Å². The van der Waals surface area contributed by atoms with Gasteiger partial charge < -0.3 is 14.2 Å². The van der Waals surface area contributed by atoms with Gasteiger partial charge in [-0.25, -0.2) is 8.42 Å². The maximum Gasteiger partial charge on any atom is 0.297 e. The van der Waals surface area contributed by atoms with Crippen LogP contribution in [0.4, 0.5) is 0 Å². The fraction of sp³-hybridized carbons (Fsp3) is 0.268. The van der Waals surface area contributed by atoms with Crippen molar-refractivity contribution < 1.29 is 35.2 Å². The van der Waals surface area contributed by atoms with E-state index in [2.05, 4.69) is 0 Å². The molecule has 272 valence electrons. The summed E-state index contributed by atoms with van der Waals surface area (Å²) in [7, 11) is -8.59. The van der Waals surface area contributed by atoms with E-state index in [1.165, 1.54) is 16.4 Å². The number of hydrogen-bond acceptors (Lipinski definition) is 8. The maximum absolute atomic E-state index is 14.8. The van der Waals surface area contributed by atoms with Crippen molar-refractivity contribution in [2.75, 3.05) is 13.2 Å². The first-order chi connectivity index (χ1) is 25.1. The molecule has 0 unspecified atom stereocenters. The average Bonchev–Trinajstić information content (AvgIpc) is 3.46. The van der Waals surface area contributed by atoms with Crippen molar-refractivity contribution in [2.45, 2.75) is 67.8 Å². The molecule has 0 aliphatic carbocycles. The molecule has 0 aromatic heterocycles. The smallest absolute Gasteiger partial charge is 0.297 e. The molecule has 52 heavy (non-hydrogen) atoms. The second-order valence-electron chi connectivity index (χ2n) is 12.9. The van der Waals surface area contributed by atoms with E-state index in [0.717, 1.165) is 27.8 Å². The lowest BCUT2D eigenvalue weighted by atomic mass is 10.1. The molecule has 1 heterocycles. The predicted octanol–water partition coefficient (Wildman–Crippen LogP) is 6.84. The first kappa shape index (κ1) is 37.6. The second kappa shape index (κ2) is 17.1.